The number of aryl methyl sites for hydroxylation is 1. The van der Waals surface area contributed by atoms with Crippen molar-refractivity contribution in [2.45, 2.75) is 39.5 Å². The smallest absolute Gasteiger partial charge is 0.127 e. The maximum atomic E-state index is 5.86. The number of anilines is 2. The number of pyridine rings is 1. The van der Waals surface area contributed by atoms with E-state index in [0.717, 1.165) is 23.6 Å². The van der Waals surface area contributed by atoms with Crippen LogP contribution in [0.15, 0.2) is 12.3 Å². The second-order valence-corrected chi connectivity index (χ2v) is 5.30. The number of rotatable bonds is 3. The van der Waals surface area contributed by atoms with Crippen LogP contribution in [0.1, 0.15) is 38.2 Å². The molecule has 0 spiro atoms. The molecule has 0 amide bonds. The van der Waals surface area contributed by atoms with E-state index in [1.807, 2.05) is 19.2 Å². The Morgan fingerprint density at radius 2 is 2.12 bits per heavy atom. The minimum Gasteiger partial charge on any atom is -0.398 e. The summed E-state index contributed by atoms with van der Waals surface area (Å²) in [5.74, 6) is 0.899. The van der Waals surface area contributed by atoms with Crippen molar-refractivity contribution in [3.63, 3.8) is 0 Å². The summed E-state index contributed by atoms with van der Waals surface area (Å²) in [6, 6.07) is 1.92. The Morgan fingerprint density at radius 1 is 1.44 bits per heavy atom. The number of hydrogen-bond donors (Lipinski definition) is 2. The normalized spacial score (nSPS) is 18.6. The van der Waals surface area contributed by atoms with Crippen molar-refractivity contribution in [2.75, 3.05) is 17.6 Å². The predicted molar refractivity (Wildman–Crippen MR) is 68.5 cm³/mol. The highest BCUT2D eigenvalue weighted by Gasteiger charge is 2.28. The fourth-order valence-corrected chi connectivity index (χ4v) is 2.35. The van der Waals surface area contributed by atoms with Crippen LogP contribution >= 0.6 is 0 Å². The molecule has 1 aromatic rings. The van der Waals surface area contributed by atoms with Crippen LogP contribution in [0, 0.1) is 12.3 Å². The number of nitrogens with one attached hydrogen (secondary N) is 1. The fraction of sp³-hybridized carbons (Fsp3) is 0.615. The van der Waals surface area contributed by atoms with Crippen molar-refractivity contribution in [2.24, 2.45) is 5.41 Å². The predicted octanol–water partition coefficient (Wildman–Crippen LogP) is 2.96. The molecule has 1 saturated carbocycles. The summed E-state index contributed by atoms with van der Waals surface area (Å²) in [6.45, 7) is 5.33. The van der Waals surface area contributed by atoms with Gasteiger partial charge in [0.1, 0.15) is 5.82 Å². The average molecular weight is 219 g/mol. The van der Waals surface area contributed by atoms with Crippen LogP contribution in [0.2, 0.25) is 0 Å². The van der Waals surface area contributed by atoms with Gasteiger partial charge in [-0.3, -0.25) is 0 Å². The third-order valence-electron chi connectivity index (χ3n) is 3.65. The minimum absolute atomic E-state index is 0.446. The number of aromatic nitrogens is 1. The maximum absolute atomic E-state index is 5.86. The van der Waals surface area contributed by atoms with Crippen LogP contribution in [-0.4, -0.2) is 11.5 Å². The van der Waals surface area contributed by atoms with Gasteiger partial charge in [0.05, 0.1) is 0 Å². The molecule has 0 saturated heterocycles. The largest absolute Gasteiger partial charge is 0.398 e. The van der Waals surface area contributed by atoms with Gasteiger partial charge >= 0.3 is 0 Å². The molecule has 2 rings (SSSR count). The SMILES string of the molecule is Cc1cnc(NCC2(C)CCCC2)cc1N. The summed E-state index contributed by atoms with van der Waals surface area (Å²) in [5, 5.41) is 3.40. The van der Waals surface area contributed by atoms with E-state index < -0.39 is 0 Å². The molecule has 0 atom stereocenters. The third kappa shape index (κ3) is 2.46. The molecule has 0 bridgehead atoms. The molecule has 1 aliphatic carbocycles. The first kappa shape index (κ1) is 11.2. The van der Waals surface area contributed by atoms with Crippen LogP contribution in [0.4, 0.5) is 11.5 Å². The maximum Gasteiger partial charge on any atom is 0.127 e. The minimum atomic E-state index is 0.446. The lowest BCUT2D eigenvalue weighted by Gasteiger charge is -2.24. The molecular formula is C13H21N3. The lowest BCUT2D eigenvalue weighted by molar-refractivity contribution is 0.361. The van der Waals surface area contributed by atoms with E-state index in [1.165, 1.54) is 25.7 Å². The molecule has 1 aromatic heterocycles. The molecule has 16 heavy (non-hydrogen) atoms. The van der Waals surface area contributed by atoms with Gasteiger partial charge in [0.25, 0.3) is 0 Å². The van der Waals surface area contributed by atoms with Crippen LogP contribution in [0.5, 0.6) is 0 Å². The van der Waals surface area contributed by atoms with E-state index in [9.17, 15) is 0 Å². The van der Waals surface area contributed by atoms with Gasteiger partial charge in [-0.2, -0.15) is 0 Å². The summed E-state index contributed by atoms with van der Waals surface area (Å²) in [5.41, 5.74) is 8.16. The topological polar surface area (TPSA) is 50.9 Å². The first-order valence-electron chi connectivity index (χ1n) is 6.05. The first-order chi connectivity index (χ1) is 7.59. The van der Waals surface area contributed by atoms with Crippen molar-refractivity contribution in [3.05, 3.63) is 17.8 Å². The standard InChI is InChI=1S/C13H21N3/c1-10-8-15-12(7-11(10)14)16-9-13(2)5-3-4-6-13/h7-8H,3-6,9H2,1-2H3,(H3,14,15,16). The molecule has 1 aliphatic rings. The van der Waals surface area contributed by atoms with Crippen molar-refractivity contribution < 1.29 is 0 Å². The number of hydrogen-bond acceptors (Lipinski definition) is 3. The monoisotopic (exact) mass is 219 g/mol. The Hall–Kier alpha value is -1.25. The number of nitrogen functional groups attached to an aromatic ring is 1. The first-order valence-corrected chi connectivity index (χ1v) is 6.05. The number of nitrogens with two attached hydrogens (primary N) is 1. The second kappa shape index (κ2) is 4.32. The van der Waals surface area contributed by atoms with Gasteiger partial charge in [-0.05, 0) is 30.7 Å². The molecular weight excluding hydrogens is 198 g/mol. The zero-order valence-electron chi connectivity index (χ0n) is 10.2. The van der Waals surface area contributed by atoms with Crippen LogP contribution in [0.25, 0.3) is 0 Å². The van der Waals surface area contributed by atoms with Gasteiger partial charge in [0, 0.05) is 24.5 Å². The zero-order valence-corrected chi connectivity index (χ0v) is 10.2. The molecule has 0 aromatic carbocycles. The van der Waals surface area contributed by atoms with E-state index >= 15 is 0 Å². The van der Waals surface area contributed by atoms with Gasteiger partial charge in [-0.15, -0.1) is 0 Å². The molecule has 0 radical (unpaired) electrons. The molecule has 88 valence electrons. The molecule has 3 nitrogen and oxygen atoms in total. The summed E-state index contributed by atoms with van der Waals surface area (Å²) in [6.07, 6.45) is 7.20. The summed E-state index contributed by atoms with van der Waals surface area (Å²) in [4.78, 5) is 4.34. The summed E-state index contributed by atoms with van der Waals surface area (Å²) in [7, 11) is 0. The van der Waals surface area contributed by atoms with Crippen molar-refractivity contribution >= 4 is 11.5 Å². The molecule has 3 heteroatoms. The quantitative estimate of drug-likeness (QED) is 0.821. The van der Waals surface area contributed by atoms with Crippen LogP contribution in [-0.2, 0) is 0 Å². The van der Waals surface area contributed by atoms with Crippen LogP contribution in [0.3, 0.4) is 0 Å². The Bertz CT molecular complexity index is 367. The molecule has 0 unspecified atom stereocenters. The molecule has 1 heterocycles. The Morgan fingerprint density at radius 3 is 2.75 bits per heavy atom. The van der Waals surface area contributed by atoms with Crippen LogP contribution < -0.4 is 11.1 Å². The highest BCUT2D eigenvalue weighted by Crippen LogP contribution is 2.37. The lowest BCUT2D eigenvalue weighted by atomic mass is 9.89. The van der Waals surface area contributed by atoms with E-state index in [4.69, 9.17) is 5.73 Å². The highest BCUT2D eigenvalue weighted by molar-refractivity contribution is 5.53. The van der Waals surface area contributed by atoms with Gasteiger partial charge in [0.2, 0.25) is 0 Å². The van der Waals surface area contributed by atoms with Crippen molar-refractivity contribution in [1.29, 1.82) is 0 Å². The molecule has 0 aliphatic heterocycles. The number of nitrogens with zero attached hydrogens (tertiary/aromatic N) is 1. The van der Waals surface area contributed by atoms with Crippen molar-refractivity contribution in [3.8, 4) is 0 Å². The van der Waals surface area contributed by atoms with E-state index in [-0.39, 0.29) is 0 Å². The van der Waals surface area contributed by atoms with E-state index in [1.54, 1.807) is 0 Å². The van der Waals surface area contributed by atoms with Crippen molar-refractivity contribution in [1.82, 2.24) is 4.98 Å². The zero-order chi connectivity index (χ0) is 11.6. The Kier molecular flexibility index (Phi) is 3.03. The fourth-order valence-electron chi connectivity index (χ4n) is 2.35. The third-order valence-corrected chi connectivity index (χ3v) is 3.65. The molecule has 1 fully saturated rings. The van der Waals surface area contributed by atoms with Gasteiger partial charge in [0.15, 0.2) is 0 Å². The van der Waals surface area contributed by atoms with Gasteiger partial charge < -0.3 is 11.1 Å². The highest BCUT2D eigenvalue weighted by atomic mass is 15.0. The lowest BCUT2D eigenvalue weighted by Crippen LogP contribution is -2.23. The van der Waals surface area contributed by atoms with Gasteiger partial charge in [-0.1, -0.05) is 19.8 Å². The van der Waals surface area contributed by atoms with Gasteiger partial charge in [-0.25, -0.2) is 4.98 Å². The van der Waals surface area contributed by atoms with E-state index in [0.29, 0.717) is 5.41 Å². The Balaban J connectivity index is 1.96. The Labute approximate surface area is 97.5 Å². The summed E-state index contributed by atoms with van der Waals surface area (Å²) < 4.78 is 0. The molecule has 3 N–H and O–H groups in total. The van der Waals surface area contributed by atoms with E-state index in [2.05, 4.69) is 17.2 Å². The average Bonchev–Trinajstić information content (AvgIpc) is 2.68. The second-order valence-electron chi connectivity index (χ2n) is 5.30. The summed E-state index contributed by atoms with van der Waals surface area (Å²) >= 11 is 0.